The molecule has 0 bridgehead atoms. The molecule has 1 heterocycles. The number of nitrogens with one attached hydrogen (secondary N) is 2. The average molecular weight is 264 g/mol. The molecule has 1 aromatic rings. The molecule has 1 aliphatic rings. The van der Waals surface area contributed by atoms with E-state index >= 15 is 0 Å². The lowest BCUT2D eigenvalue weighted by molar-refractivity contribution is 0.0717. The molecule has 3 N–H and O–H groups in total. The van der Waals surface area contributed by atoms with Gasteiger partial charge in [-0.2, -0.15) is 0 Å². The Hall–Kier alpha value is -1.62. The summed E-state index contributed by atoms with van der Waals surface area (Å²) in [5, 5.41) is 12.5. The molecule has 0 saturated heterocycles. The number of carbonyl (C=O) groups is 1. The van der Waals surface area contributed by atoms with Crippen molar-refractivity contribution in [3.63, 3.8) is 0 Å². The van der Waals surface area contributed by atoms with Gasteiger partial charge in [0.25, 0.3) is 5.91 Å². The first-order valence-corrected chi connectivity index (χ1v) is 6.67. The highest BCUT2D eigenvalue weighted by Crippen LogP contribution is 2.31. The van der Waals surface area contributed by atoms with Gasteiger partial charge in [-0.1, -0.05) is 6.92 Å². The van der Waals surface area contributed by atoms with E-state index in [4.69, 9.17) is 0 Å². The van der Waals surface area contributed by atoms with Crippen LogP contribution in [0.25, 0.3) is 0 Å². The van der Waals surface area contributed by atoms with Crippen LogP contribution in [0.1, 0.15) is 43.0 Å². The monoisotopic (exact) mass is 264 g/mol. The van der Waals surface area contributed by atoms with E-state index in [0.29, 0.717) is 11.5 Å². The Kier molecular flexibility index (Phi) is 4.04. The van der Waals surface area contributed by atoms with E-state index in [1.54, 1.807) is 6.07 Å². The number of pyridine rings is 1. The van der Waals surface area contributed by atoms with Gasteiger partial charge in [-0.15, -0.1) is 0 Å². The van der Waals surface area contributed by atoms with E-state index in [-0.39, 0.29) is 18.1 Å². The fourth-order valence-electron chi connectivity index (χ4n) is 2.54. The van der Waals surface area contributed by atoms with Crippen molar-refractivity contribution in [3.05, 3.63) is 34.2 Å². The molecule has 0 atom stereocenters. The van der Waals surface area contributed by atoms with Crippen molar-refractivity contribution in [1.82, 2.24) is 10.3 Å². The van der Waals surface area contributed by atoms with Gasteiger partial charge in [-0.25, -0.2) is 0 Å². The van der Waals surface area contributed by atoms with Crippen LogP contribution in [0.2, 0.25) is 0 Å². The largest absolute Gasteiger partial charge is 0.394 e. The molecular weight excluding hydrogens is 244 g/mol. The van der Waals surface area contributed by atoms with Gasteiger partial charge in [0.05, 0.1) is 12.1 Å². The smallest absolute Gasteiger partial charge is 0.252 e. The van der Waals surface area contributed by atoms with Gasteiger partial charge in [-0.3, -0.25) is 9.59 Å². The van der Waals surface area contributed by atoms with Crippen LogP contribution in [0.15, 0.2) is 23.1 Å². The van der Waals surface area contributed by atoms with Crippen LogP contribution >= 0.6 is 0 Å². The SMILES string of the molecule is CC1CCC(CO)(NC(=O)c2cc[nH]c(=O)c2)CC1. The first kappa shape index (κ1) is 13.8. The molecule has 1 amide bonds. The minimum atomic E-state index is -0.536. The van der Waals surface area contributed by atoms with Gasteiger partial charge in [0.1, 0.15) is 0 Å². The summed E-state index contributed by atoms with van der Waals surface area (Å²) in [5.41, 5.74) is -0.509. The molecule has 0 aromatic carbocycles. The third-order valence-electron chi connectivity index (χ3n) is 3.95. The molecule has 0 unspecified atom stereocenters. The summed E-state index contributed by atoms with van der Waals surface area (Å²) in [6, 6.07) is 2.83. The molecular formula is C14H20N2O3. The van der Waals surface area contributed by atoms with Crippen LogP contribution in [0, 0.1) is 5.92 Å². The molecule has 0 aliphatic heterocycles. The maximum Gasteiger partial charge on any atom is 0.252 e. The first-order chi connectivity index (χ1) is 9.04. The second-order valence-electron chi connectivity index (χ2n) is 5.52. The molecule has 0 radical (unpaired) electrons. The molecule has 19 heavy (non-hydrogen) atoms. The summed E-state index contributed by atoms with van der Waals surface area (Å²) in [7, 11) is 0. The normalized spacial score (nSPS) is 26.9. The van der Waals surface area contributed by atoms with Gasteiger partial charge in [-0.05, 0) is 37.7 Å². The summed E-state index contributed by atoms with van der Waals surface area (Å²) >= 11 is 0. The highest BCUT2D eigenvalue weighted by molar-refractivity contribution is 5.94. The third kappa shape index (κ3) is 3.23. The van der Waals surface area contributed by atoms with E-state index in [0.717, 1.165) is 25.7 Å². The fourth-order valence-corrected chi connectivity index (χ4v) is 2.54. The topological polar surface area (TPSA) is 82.2 Å². The molecule has 104 valence electrons. The van der Waals surface area contributed by atoms with Crippen molar-refractivity contribution in [2.75, 3.05) is 6.61 Å². The first-order valence-electron chi connectivity index (χ1n) is 6.67. The Balaban J connectivity index is 2.10. The second-order valence-corrected chi connectivity index (χ2v) is 5.52. The van der Waals surface area contributed by atoms with Gasteiger partial charge >= 0.3 is 0 Å². The predicted molar refractivity (Wildman–Crippen MR) is 72.0 cm³/mol. The fraction of sp³-hybridized carbons (Fsp3) is 0.571. The van der Waals surface area contributed by atoms with Gasteiger partial charge in [0.15, 0.2) is 0 Å². The van der Waals surface area contributed by atoms with Crippen molar-refractivity contribution in [2.45, 2.75) is 38.1 Å². The summed E-state index contributed by atoms with van der Waals surface area (Å²) < 4.78 is 0. The number of hydrogen-bond donors (Lipinski definition) is 3. The van der Waals surface area contributed by atoms with Crippen molar-refractivity contribution in [1.29, 1.82) is 0 Å². The molecule has 1 aromatic heterocycles. The molecule has 2 rings (SSSR count). The molecule has 0 spiro atoms. The van der Waals surface area contributed by atoms with Crippen molar-refractivity contribution in [3.8, 4) is 0 Å². The van der Waals surface area contributed by atoms with Crippen LogP contribution < -0.4 is 10.9 Å². The Morgan fingerprint density at radius 3 is 2.79 bits per heavy atom. The number of hydrogen-bond acceptors (Lipinski definition) is 3. The van der Waals surface area contributed by atoms with Crippen LogP contribution in [0.4, 0.5) is 0 Å². The van der Waals surface area contributed by atoms with Gasteiger partial charge < -0.3 is 15.4 Å². The van der Waals surface area contributed by atoms with E-state index in [9.17, 15) is 14.7 Å². The zero-order valence-electron chi connectivity index (χ0n) is 11.1. The quantitative estimate of drug-likeness (QED) is 0.763. The zero-order valence-corrected chi connectivity index (χ0v) is 11.1. The number of H-pyrrole nitrogens is 1. The summed E-state index contributed by atoms with van der Waals surface area (Å²) in [6.45, 7) is 2.12. The maximum absolute atomic E-state index is 12.1. The Labute approximate surface area is 112 Å². The van der Waals surface area contributed by atoms with Crippen LogP contribution in [0.5, 0.6) is 0 Å². The van der Waals surface area contributed by atoms with Crippen molar-refractivity contribution < 1.29 is 9.90 Å². The minimum absolute atomic E-state index is 0.0609. The lowest BCUT2D eigenvalue weighted by Crippen LogP contribution is -2.53. The van der Waals surface area contributed by atoms with E-state index in [1.807, 2.05) is 0 Å². The maximum atomic E-state index is 12.1. The highest BCUT2D eigenvalue weighted by Gasteiger charge is 2.35. The van der Waals surface area contributed by atoms with Crippen LogP contribution in [-0.2, 0) is 0 Å². The predicted octanol–water partition coefficient (Wildman–Crippen LogP) is 1.05. The summed E-state index contributed by atoms with van der Waals surface area (Å²) in [4.78, 5) is 25.8. The average Bonchev–Trinajstić information content (AvgIpc) is 2.42. The second kappa shape index (κ2) is 5.57. The minimum Gasteiger partial charge on any atom is -0.394 e. The molecule has 5 heteroatoms. The van der Waals surface area contributed by atoms with Gasteiger partial charge in [0.2, 0.25) is 5.56 Å². The molecule has 1 saturated carbocycles. The number of aromatic amines is 1. The standard InChI is InChI=1S/C14H20N2O3/c1-10-2-5-14(9-17,6-3-10)16-13(19)11-4-7-15-12(18)8-11/h4,7-8,10,17H,2-3,5-6,9H2,1H3,(H,15,18)(H,16,19). The molecule has 1 fully saturated rings. The van der Waals surface area contributed by atoms with E-state index in [2.05, 4.69) is 17.2 Å². The Morgan fingerprint density at radius 2 is 2.21 bits per heavy atom. The van der Waals surface area contributed by atoms with Crippen molar-refractivity contribution in [2.24, 2.45) is 5.92 Å². The highest BCUT2D eigenvalue weighted by atomic mass is 16.3. The van der Waals surface area contributed by atoms with E-state index in [1.165, 1.54) is 12.3 Å². The lowest BCUT2D eigenvalue weighted by atomic mass is 9.77. The third-order valence-corrected chi connectivity index (χ3v) is 3.95. The number of amides is 1. The molecule has 5 nitrogen and oxygen atoms in total. The zero-order chi connectivity index (χ0) is 13.9. The van der Waals surface area contributed by atoms with Gasteiger partial charge in [0, 0.05) is 17.8 Å². The number of aliphatic hydroxyl groups excluding tert-OH is 1. The lowest BCUT2D eigenvalue weighted by Gasteiger charge is -2.38. The van der Waals surface area contributed by atoms with Crippen molar-refractivity contribution >= 4 is 5.91 Å². The number of aromatic nitrogens is 1. The number of rotatable bonds is 3. The number of aliphatic hydroxyl groups is 1. The summed E-state index contributed by atoms with van der Waals surface area (Å²) in [5.74, 6) is 0.339. The summed E-state index contributed by atoms with van der Waals surface area (Å²) in [6.07, 6.45) is 5.00. The Morgan fingerprint density at radius 1 is 1.53 bits per heavy atom. The van der Waals surface area contributed by atoms with Crippen LogP contribution in [-0.4, -0.2) is 28.1 Å². The van der Waals surface area contributed by atoms with Crippen LogP contribution in [0.3, 0.4) is 0 Å². The Bertz CT molecular complexity index is 501. The van der Waals surface area contributed by atoms with E-state index < -0.39 is 5.54 Å². The molecule has 1 aliphatic carbocycles. The number of carbonyl (C=O) groups excluding carboxylic acids is 1.